The van der Waals surface area contributed by atoms with Crippen LogP contribution < -0.4 is 5.32 Å². The van der Waals surface area contributed by atoms with Gasteiger partial charge in [0.15, 0.2) is 0 Å². The lowest BCUT2D eigenvalue weighted by Crippen LogP contribution is -2.24. The van der Waals surface area contributed by atoms with E-state index in [0.29, 0.717) is 10.6 Å². The second-order valence-electron chi connectivity index (χ2n) is 3.20. The van der Waals surface area contributed by atoms with Crippen molar-refractivity contribution in [1.82, 2.24) is 5.32 Å². The van der Waals surface area contributed by atoms with Crippen LogP contribution in [0.25, 0.3) is 0 Å². The third-order valence-corrected chi connectivity index (χ3v) is 2.05. The molecule has 2 N–H and O–H groups in total. The standard InChI is InChI=1S/C11H12ClNO2/c1-7-3-4-9(5-10(7)14)11(15)13-6-8(2)12/h3-5,14H,2,6H2,1H3,(H,13,15). The highest BCUT2D eigenvalue weighted by Gasteiger charge is 2.06. The molecule has 15 heavy (non-hydrogen) atoms. The van der Waals surface area contributed by atoms with E-state index in [-0.39, 0.29) is 18.2 Å². The molecule has 0 aromatic heterocycles. The summed E-state index contributed by atoms with van der Waals surface area (Å²) in [6, 6.07) is 4.74. The molecule has 1 aromatic carbocycles. The summed E-state index contributed by atoms with van der Waals surface area (Å²) in [5.41, 5.74) is 1.13. The highest BCUT2D eigenvalue weighted by Crippen LogP contribution is 2.17. The van der Waals surface area contributed by atoms with Gasteiger partial charge in [0.05, 0.1) is 6.54 Å². The molecule has 1 rings (SSSR count). The molecule has 80 valence electrons. The maximum Gasteiger partial charge on any atom is 0.251 e. The number of hydrogen-bond donors (Lipinski definition) is 2. The van der Waals surface area contributed by atoms with E-state index >= 15 is 0 Å². The molecule has 0 fully saturated rings. The molecule has 0 heterocycles. The van der Waals surface area contributed by atoms with Gasteiger partial charge < -0.3 is 10.4 Å². The summed E-state index contributed by atoms with van der Waals surface area (Å²) >= 11 is 5.51. The number of phenolic OH excluding ortho intramolecular Hbond substituents is 1. The van der Waals surface area contributed by atoms with Crippen LogP contribution in [0, 0.1) is 6.92 Å². The van der Waals surface area contributed by atoms with E-state index in [1.807, 2.05) is 0 Å². The number of carbonyl (C=O) groups is 1. The smallest absolute Gasteiger partial charge is 0.251 e. The van der Waals surface area contributed by atoms with Crippen molar-refractivity contribution in [1.29, 1.82) is 0 Å². The molecular formula is C11H12ClNO2. The lowest BCUT2D eigenvalue weighted by Gasteiger charge is -2.05. The van der Waals surface area contributed by atoms with Gasteiger partial charge in [-0.15, -0.1) is 0 Å². The molecule has 0 bridgehead atoms. The highest BCUT2D eigenvalue weighted by molar-refractivity contribution is 6.29. The summed E-state index contributed by atoms with van der Waals surface area (Å²) in [6.07, 6.45) is 0. The monoisotopic (exact) mass is 225 g/mol. The molecule has 0 radical (unpaired) electrons. The third kappa shape index (κ3) is 3.29. The SMILES string of the molecule is C=C(Cl)CNC(=O)c1ccc(C)c(O)c1. The van der Waals surface area contributed by atoms with E-state index in [2.05, 4.69) is 11.9 Å². The van der Waals surface area contributed by atoms with Crippen molar-refractivity contribution in [3.63, 3.8) is 0 Å². The number of amides is 1. The fourth-order valence-electron chi connectivity index (χ4n) is 1.03. The Morgan fingerprint density at radius 2 is 2.27 bits per heavy atom. The minimum Gasteiger partial charge on any atom is -0.508 e. The van der Waals surface area contributed by atoms with Crippen molar-refractivity contribution >= 4 is 17.5 Å². The first-order valence-corrected chi connectivity index (χ1v) is 4.79. The van der Waals surface area contributed by atoms with Gasteiger partial charge >= 0.3 is 0 Å². The van der Waals surface area contributed by atoms with E-state index in [4.69, 9.17) is 11.6 Å². The van der Waals surface area contributed by atoms with Crippen LogP contribution in [0.2, 0.25) is 0 Å². The Labute approximate surface area is 93.4 Å². The van der Waals surface area contributed by atoms with Gasteiger partial charge in [0.1, 0.15) is 5.75 Å². The van der Waals surface area contributed by atoms with Crippen molar-refractivity contribution in [3.8, 4) is 5.75 Å². The number of rotatable bonds is 3. The Morgan fingerprint density at radius 1 is 1.60 bits per heavy atom. The average Bonchev–Trinajstić information content (AvgIpc) is 2.18. The Bertz CT molecular complexity index is 402. The van der Waals surface area contributed by atoms with E-state index in [0.717, 1.165) is 5.56 Å². The van der Waals surface area contributed by atoms with Gasteiger partial charge in [-0.25, -0.2) is 0 Å². The van der Waals surface area contributed by atoms with Crippen LogP contribution in [-0.2, 0) is 0 Å². The Morgan fingerprint density at radius 3 is 2.80 bits per heavy atom. The minimum atomic E-state index is -0.285. The zero-order valence-electron chi connectivity index (χ0n) is 8.38. The summed E-state index contributed by atoms with van der Waals surface area (Å²) in [5, 5.41) is 12.3. The molecule has 1 aromatic rings. The number of benzene rings is 1. The number of aromatic hydroxyl groups is 1. The molecule has 0 atom stereocenters. The van der Waals surface area contributed by atoms with Crippen LogP contribution in [0.3, 0.4) is 0 Å². The average molecular weight is 226 g/mol. The van der Waals surface area contributed by atoms with Crippen molar-refractivity contribution in [2.75, 3.05) is 6.54 Å². The maximum absolute atomic E-state index is 11.5. The summed E-state index contributed by atoms with van der Waals surface area (Å²) in [4.78, 5) is 11.5. The van der Waals surface area contributed by atoms with Crippen LogP contribution >= 0.6 is 11.6 Å². The molecule has 0 saturated carbocycles. The predicted molar refractivity (Wildman–Crippen MR) is 60.2 cm³/mol. The van der Waals surface area contributed by atoms with Crippen molar-refractivity contribution in [2.45, 2.75) is 6.92 Å². The molecule has 0 saturated heterocycles. The number of carbonyl (C=O) groups excluding carboxylic acids is 1. The number of aryl methyl sites for hydroxylation is 1. The lowest BCUT2D eigenvalue weighted by molar-refractivity contribution is 0.0957. The van der Waals surface area contributed by atoms with Gasteiger partial charge in [0.25, 0.3) is 5.91 Å². The van der Waals surface area contributed by atoms with Gasteiger partial charge in [0.2, 0.25) is 0 Å². The van der Waals surface area contributed by atoms with E-state index < -0.39 is 0 Å². The third-order valence-electron chi connectivity index (χ3n) is 1.91. The molecule has 0 aliphatic heterocycles. The molecule has 0 unspecified atom stereocenters. The maximum atomic E-state index is 11.5. The molecule has 0 aliphatic carbocycles. The fourth-order valence-corrected chi connectivity index (χ4v) is 1.10. The molecule has 0 aliphatic rings. The summed E-state index contributed by atoms with van der Waals surface area (Å²) < 4.78 is 0. The van der Waals surface area contributed by atoms with Crippen LogP contribution in [-0.4, -0.2) is 17.6 Å². The van der Waals surface area contributed by atoms with Crippen molar-refractivity contribution in [3.05, 3.63) is 40.9 Å². The quantitative estimate of drug-likeness (QED) is 0.829. The normalized spacial score (nSPS) is 9.73. The zero-order valence-corrected chi connectivity index (χ0v) is 9.14. The second kappa shape index (κ2) is 4.84. The van der Waals surface area contributed by atoms with E-state index in [1.54, 1.807) is 19.1 Å². The zero-order chi connectivity index (χ0) is 11.4. The van der Waals surface area contributed by atoms with Crippen LogP contribution in [0.4, 0.5) is 0 Å². The molecular weight excluding hydrogens is 214 g/mol. The minimum absolute atomic E-state index is 0.104. The van der Waals surface area contributed by atoms with Gasteiger partial charge in [0, 0.05) is 10.6 Å². The number of nitrogens with one attached hydrogen (secondary N) is 1. The fraction of sp³-hybridized carbons (Fsp3) is 0.182. The van der Waals surface area contributed by atoms with Gasteiger partial charge in [-0.2, -0.15) is 0 Å². The predicted octanol–water partition coefficient (Wildman–Crippen LogP) is 2.18. The number of phenols is 1. The first kappa shape index (κ1) is 11.6. The van der Waals surface area contributed by atoms with E-state index in [9.17, 15) is 9.90 Å². The summed E-state index contributed by atoms with van der Waals surface area (Å²) in [5.74, 6) is -0.181. The lowest BCUT2D eigenvalue weighted by atomic mass is 10.1. The first-order valence-electron chi connectivity index (χ1n) is 4.42. The first-order chi connectivity index (χ1) is 7.00. The molecule has 1 amide bonds. The van der Waals surface area contributed by atoms with Gasteiger partial charge in [-0.1, -0.05) is 24.2 Å². The second-order valence-corrected chi connectivity index (χ2v) is 3.74. The topological polar surface area (TPSA) is 49.3 Å². The summed E-state index contributed by atoms with van der Waals surface area (Å²) in [6.45, 7) is 5.43. The van der Waals surface area contributed by atoms with Crippen LogP contribution in [0.15, 0.2) is 29.8 Å². The Kier molecular flexibility index (Phi) is 3.74. The number of hydrogen-bond acceptors (Lipinski definition) is 2. The summed E-state index contributed by atoms with van der Waals surface area (Å²) in [7, 11) is 0. The van der Waals surface area contributed by atoms with Crippen molar-refractivity contribution < 1.29 is 9.90 Å². The van der Waals surface area contributed by atoms with E-state index in [1.165, 1.54) is 6.07 Å². The number of halogens is 1. The Balaban J connectivity index is 2.74. The van der Waals surface area contributed by atoms with Crippen LogP contribution in [0.1, 0.15) is 15.9 Å². The van der Waals surface area contributed by atoms with Gasteiger partial charge in [-0.05, 0) is 24.6 Å². The molecule has 4 heteroatoms. The molecule has 0 spiro atoms. The van der Waals surface area contributed by atoms with Crippen LogP contribution in [0.5, 0.6) is 5.75 Å². The van der Waals surface area contributed by atoms with Crippen molar-refractivity contribution in [2.24, 2.45) is 0 Å². The largest absolute Gasteiger partial charge is 0.508 e. The highest BCUT2D eigenvalue weighted by atomic mass is 35.5. The molecule has 3 nitrogen and oxygen atoms in total. The Hall–Kier alpha value is -1.48. The van der Waals surface area contributed by atoms with Gasteiger partial charge in [-0.3, -0.25) is 4.79 Å².